The average molecular weight is 539 g/mol. The molecule has 11 nitrogen and oxygen atoms in total. The lowest BCUT2D eigenvalue weighted by Crippen LogP contribution is -2.55. The van der Waals surface area contributed by atoms with Crippen LogP contribution < -0.4 is 10.6 Å². The second-order valence-electron chi connectivity index (χ2n) is 10.0. The van der Waals surface area contributed by atoms with Crippen molar-refractivity contribution in [3.63, 3.8) is 0 Å². The zero-order valence-electron chi connectivity index (χ0n) is 21.6. The summed E-state index contributed by atoms with van der Waals surface area (Å²) in [6.07, 6.45) is -4.62. The van der Waals surface area contributed by atoms with E-state index in [0.29, 0.717) is 0 Å². The molecule has 214 valence electrons. The Morgan fingerprint density at radius 3 is 2.39 bits per heavy atom. The maximum atomic E-state index is 12.8. The summed E-state index contributed by atoms with van der Waals surface area (Å²) in [5.74, 6) is -1.35. The normalized spacial score (nSPS) is 21.2. The van der Waals surface area contributed by atoms with Crippen LogP contribution in [0.2, 0.25) is 0 Å². The average Bonchev–Trinajstić information content (AvgIpc) is 3.02. The lowest BCUT2D eigenvalue weighted by atomic mass is 9.94. The lowest BCUT2D eigenvalue weighted by molar-refractivity contribution is -0.150. The van der Waals surface area contributed by atoms with Gasteiger partial charge in [0.25, 0.3) is 5.91 Å². The fourth-order valence-electron chi connectivity index (χ4n) is 3.59. The van der Waals surface area contributed by atoms with Crippen LogP contribution >= 0.6 is 0 Å². The Balaban J connectivity index is 0.00000722. The van der Waals surface area contributed by atoms with E-state index in [1.165, 1.54) is 6.08 Å². The van der Waals surface area contributed by atoms with E-state index in [1.54, 1.807) is 18.2 Å². The first-order valence-corrected chi connectivity index (χ1v) is 12.1. The van der Waals surface area contributed by atoms with Gasteiger partial charge in [-0.2, -0.15) is 0 Å². The molecule has 2 amide bonds. The van der Waals surface area contributed by atoms with E-state index in [0.717, 1.165) is 12.7 Å². The number of aliphatic hydroxyl groups is 3. The Morgan fingerprint density at radius 1 is 1.13 bits per heavy atom. The van der Waals surface area contributed by atoms with Crippen LogP contribution in [0.3, 0.4) is 0 Å². The first-order chi connectivity index (χ1) is 17.4. The summed E-state index contributed by atoms with van der Waals surface area (Å²) in [6, 6.07) is 8.10. The lowest BCUT2D eigenvalue weighted by Gasteiger charge is -2.28. The summed E-state index contributed by atoms with van der Waals surface area (Å²) in [7, 11) is 1.16. The highest BCUT2D eigenvalue weighted by Gasteiger charge is 2.37. The Hall–Kier alpha value is -2.99. The number of nitrogens with one attached hydrogen (secondary N) is 2. The van der Waals surface area contributed by atoms with Gasteiger partial charge in [-0.1, -0.05) is 70.7 Å². The Bertz CT molecular complexity index is 917. The molecule has 1 fully saturated rings. The van der Waals surface area contributed by atoms with Gasteiger partial charge in [0.15, 0.2) is 6.10 Å². The summed E-state index contributed by atoms with van der Waals surface area (Å²) < 4.78 is 15.4. The third-order valence-corrected chi connectivity index (χ3v) is 5.69. The van der Waals surface area contributed by atoms with Gasteiger partial charge in [-0.3, -0.25) is 9.59 Å². The van der Waals surface area contributed by atoms with E-state index in [2.05, 4.69) is 10.6 Å². The van der Waals surface area contributed by atoms with Crippen molar-refractivity contribution in [3.8, 4) is 0 Å². The topological polar surface area (TPSA) is 164 Å². The number of methoxy groups -OCH3 is 1. The third-order valence-electron chi connectivity index (χ3n) is 5.69. The van der Waals surface area contributed by atoms with Crippen LogP contribution in [0, 0.1) is 5.41 Å². The fourth-order valence-corrected chi connectivity index (χ4v) is 3.59. The van der Waals surface area contributed by atoms with Crippen molar-refractivity contribution in [2.45, 2.75) is 84.2 Å². The van der Waals surface area contributed by atoms with Crippen molar-refractivity contribution >= 4 is 18.0 Å². The van der Waals surface area contributed by atoms with E-state index in [-0.39, 0.29) is 38.8 Å². The number of benzene rings is 1. The predicted molar refractivity (Wildman–Crippen MR) is 140 cm³/mol. The molecular formula is C27H42N2O9. The maximum absolute atomic E-state index is 12.8. The molecule has 1 aliphatic rings. The van der Waals surface area contributed by atoms with Gasteiger partial charge in [0, 0.05) is 7.11 Å². The maximum Gasteiger partial charge on any atom is 0.508 e. The summed E-state index contributed by atoms with van der Waals surface area (Å²) in [5, 5.41) is 36.1. The summed E-state index contributed by atoms with van der Waals surface area (Å²) in [5.41, 5.74) is 0.533. The molecule has 0 aliphatic carbocycles. The van der Waals surface area contributed by atoms with Gasteiger partial charge in [-0.25, -0.2) is 4.79 Å². The minimum Gasteiger partial charge on any atom is -0.429 e. The zero-order chi connectivity index (χ0) is 27.6. The summed E-state index contributed by atoms with van der Waals surface area (Å²) in [4.78, 5) is 37.3. The largest absolute Gasteiger partial charge is 0.508 e. The predicted octanol–water partition coefficient (Wildman–Crippen LogP) is 1.44. The van der Waals surface area contributed by atoms with Crippen molar-refractivity contribution in [2.24, 2.45) is 5.41 Å². The number of ether oxygens (including phenoxy) is 3. The van der Waals surface area contributed by atoms with E-state index < -0.39 is 54.5 Å². The number of rotatable bonds is 10. The summed E-state index contributed by atoms with van der Waals surface area (Å²) in [6.45, 7) is 5.76. The van der Waals surface area contributed by atoms with Crippen LogP contribution in [0.25, 0.3) is 0 Å². The molecule has 1 aliphatic heterocycles. The minimum atomic E-state index is -1.77. The van der Waals surface area contributed by atoms with Gasteiger partial charge in [0.1, 0.15) is 37.1 Å². The molecule has 0 bridgehead atoms. The standard InChI is InChI=1S/C26H38N2O9.CH4/c1-26(2,3)13-12-19(29)20(30)21(31)22(35-4)24(33)28-18-11-10-17(14-27-23(18)32)37-25(34)36-15-16-8-6-5-7-9-16;/h5-9,12-13,17-22,29-31H,10-11,14-15H2,1-4H3,(H,27,32)(H,28,33);1H4/b13-12+;/t17-,18+,19-,20+,21-,22-;/m1./s1. The van der Waals surface area contributed by atoms with E-state index in [9.17, 15) is 29.7 Å². The van der Waals surface area contributed by atoms with Gasteiger partial charge in [0.2, 0.25) is 5.91 Å². The molecule has 0 spiro atoms. The van der Waals surface area contributed by atoms with Gasteiger partial charge in [-0.15, -0.1) is 0 Å². The molecule has 1 heterocycles. The smallest absolute Gasteiger partial charge is 0.429 e. The van der Waals surface area contributed by atoms with Crippen molar-refractivity contribution in [2.75, 3.05) is 13.7 Å². The monoisotopic (exact) mass is 538 g/mol. The van der Waals surface area contributed by atoms with Crippen molar-refractivity contribution in [3.05, 3.63) is 48.0 Å². The van der Waals surface area contributed by atoms with Gasteiger partial charge < -0.3 is 40.2 Å². The number of aliphatic hydroxyl groups excluding tert-OH is 3. The fraction of sp³-hybridized carbons (Fsp3) is 0.593. The number of carbonyl (C=O) groups excluding carboxylic acids is 3. The molecule has 38 heavy (non-hydrogen) atoms. The Labute approximate surface area is 224 Å². The van der Waals surface area contributed by atoms with Crippen molar-refractivity contribution in [1.29, 1.82) is 0 Å². The molecule has 5 N–H and O–H groups in total. The SMILES string of the molecule is C.CO[C@@H](C(=O)N[C@H]1CC[C@@H](OC(=O)OCc2ccccc2)CNC1=O)[C@H](O)[C@@H](O)[C@H](O)/C=C/C(C)(C)C. The molecule has 1 saturated heterocycles. The molecule has 1 aromatic carbocycles. The first-order valence-electron chi connectivity index (χ1n) is 12.1. The molecule has 0 saturated carbocycles. The Morgan fingerprint density at radius 2 is 1.79 bits per heavy atom. The molecule has 0 radical (unpaired) electrons. The third kappa shape index (κ3) is 10.8. The van der Waals surface area contributed by atoms with Crippen LogP contribution in [0.5, 0.6) is 0 Å². The van der Waals surface area contributed by atoms with Gasteiger partial charge in [-0.05, 0) is 23.8 Å². The molecule has 1 aromatic rings. The zero-order valence-corrected chi connectivity index (χ0v) is 21.6. The Kier molecular flexibility index (Phi) is 13.4. The summed E-state index contributed by atoms with van der Waals surface area (Å²) >= 11 is 0. The minimum absolute atomic E-state index is 0. The van der Waals surface area contributed by atoms with Gasteiger partial charge in [0.05, 0.1) is 6.54 Å². The molecule has 11 heteroatoms. The molecule has 0 unspecified atom stereocenters. The van der Waals surface area contributed by atoms with Crippen LogP contribution in [0.15, 0.2) is 42.5 Å². The second kappa shape index (κ2) is 15.4. The highest BCUT2D eigenvalue weighted by molar-refractivity contribution is 5.89. The van der Waals surface area contributed by atoms with Crippen LogP contribution in [0.1, 0.15) is 46.6 Å². The second-order valence-corrected chi connectivity index (χ2v) is 10.0. The number of hydrogen-bond acceptors (Lipinski definition) is 9. The van der Waals surface area contributed by atoms with E-state index >= 15 is 0 Å². The highest BCUT2D eigenvalue weighted by atomic mass is 16.7. The van der Waals surface area contributed by atoms with E-state index in [4.69, 9.17) is 14.2 Å². The van der Waals surface area contributed by atoms with Crippen LogP contribution in [-0.2, 0) is 30.4 Å². The molecule has 0 aromatic heterocycles. The number of amides is 2. The van der Waals surface area contributed by atoms with Crippen LogP contribution in [-0.4, -0.2) is 83.5 Å². The number of allylic oxidation sites excluding steroid dienone is 1. The number of hydrogen-bond donors (Lipinski definition) is 5. The highest BCUT2D eigenvalue weighted by Crippen LogP contribution is 2.17. The first kappa shape index (κ1) is 33.0. The number of carbonyl (C=O) groups is 3. The molecular weight excluding hydrogens is 496 g/mol. The van der Waals surface area contributed by atoms with Crippen molar-refractivity contribution in [1.82, 2.24) is 10.6 Å². The molecule has 2 rings (SSSR count). The molecule has 6 atom stereocenters. The van der Waals surface area contributed by atoms with E-state index in [1.807, 2.05) is 39.0 Å². The van der Waals surface area contributed by atoms with Crippen LogP contribution in [0.4, 0.5) is 4.79 Å². The van der Waals surface area contributed by atoms with Gasteiger partial charge >= 0.3 is 6.16 Å². The van der Waals surface area contributed by atoms with Crippen molar-refractivity contribution < 1.29 is 43.9 Å². The quantitative estimate of drug-likeness (QED) is 0.219.